The molecule has 1 saturated heterocycles. The second-order valence-electron chi connectivity index (χ2n) is 7.71. The predicted octanol–water partition coefficient (Wildman–Crippen LogP) is 3.59. The third-order valence-corrected chi connectivity index (χ3v) is 5.10. The fourth-order valence-electron chi connectivity index (χ4n) is 3.57. The molecule has 158 valence electrons. The van der Waals surface area contributed by atoms with Gasteiger partial charge >= 0.3 is 0 Å². The van der Waals surface area contributed by atoms with Crippen LogP contribution in [0, 0.1) is 16.0 Å². The van der Waals surface area contributed by atoms with E-state index in [4.69, 9.17) is 0 Å². The molecule has 1 aliphatic heterocycles. The molecule has 2 amide bonds. The number of carbonyl (C=O) groups is 2. The monoisotopic (exact) mass is 410 g/mol. The predicted molar refractivity (Wildman–Crippen MR) is 116 cm³/mol. The Morgan fingerprint density at radius 3 is 2.37 bits per heavy atom. The Bertz CT molecular complexity index is 922. The van der Waals surface area contributed by atoms with Gasteiger partial charge in [-0.05, 0) is 51.0 Å². The van der Waals surface area contributed by atoms with Crippen molar-refractivity contribution in [3.8, 4) is 0 Å². The van der Waals surface area contributed by atoms with Crippen LogP contribution in [-0.4, -0.2) is 35.9 Å². The van der Waals surface area contributed by atoms with E-state index in [9.17, 15) is 19.7 Å². The first-order valence-electron chi connectivity index (χ1n) is 10.1. The Hall–Kier alpha value is -3.42. The molecule has 2 aromatic carbocycles. The molecular formula is C22H26N4O4. The van der Waals surface area contributed by atoms with Crippen molar-refractivity contribution >= 4 is 28.9 Å². The van der Waals surface area contributed by atoms with E-state index >= 15 is 0 Å². The topological polar surface area (TPSA) is 105 Å². The smallest absolute Gasteiger partial charge is 0.293 e. The molecule has 2 N–H and O–H groups in total. The molecule has 0 spiro atoms. The van der Waals surface area contributed by atoms with Gasteiger partial charge in [-0.1, -0.05) is 18.2 Å². The standard InChI is InChI=1S/C22H26N4O4/c1-15(2)23-22(28)17-8-9-19(20(14-17)26(29)30)25-12-10-16(11-13-25)21(27)24-18-6-4-3-5-7-18/h3-9,14-16H,10-13H2,1-2H3,(H,23,28)(H,24,27). The van der Waals surface area contributed by atoms with Crippen LogP contribution in [0.5, 0.6) is 0 Å². The van der Waals surface area contributed by atoms with Crippen molar-refractivity contribution in [3.63, 3.8) is 0 Å². The summed E-state index contributed by atoms with van der Waals surface area (Å²) in [7, 11) is 0. The number of hydrogen-bond acceptors (Lipinski definition) is 5. The van der Waals surface area contributed by atoms with Crippen molar-refractivity contribution in [3.05, 3.63) is 64.2 Å². The number of rotatable bonds is 6. The first kappa shape index (κ1) is 21.3. The molecule has 1 heterocycles. The number of hydrogen-bond donors (Lipinski definition) is 2. The normalized spacial score (nSPS) is 14.4. The molecule has 8 heteroatoms. The Balaban J connectivity index is 1.68. The van der Waals surface area contributed by atoms with Gasteiger partial charge in [0, 0.05) is 42.4 Å². The summed E-state index contributed by atoms with van der Waals surface area (Å²) in [6.45, 7) is 4.73. The number of anilines is 2. The molecule has 3 rings (SSSR count). The van der Waals surface area contributed by atoms with E-state index in [1.165, 1.54) is 6.07 Å². The van der Waals surface area contributed by atoms with Gasteiger partial charge in [0.2, 0.25) is 5.91 Å². The number of carbonyl (C=O) groups excluding carboxylic acids is 2. The Labute approximate surface area is 175 Å². The molecule has 1 fully saturated rings. The van der Waals surface area contributed by atoms with Crippen LogP contribution in [0.3, 0.4) is 0 Å². The number of nitrogens with zero attached hydrogens (tertiary/aromatic N) is 2. The van der Waals surface area contributed by atoms with E-state index < -0.39 is 4.92 Å². The van der Waals surface area contributed by atoms with E-state index in [0.717, 1.165) is 5.69 Å². The maximum absolute atomic E-state index is 12.5. The number of piperidine rings is 1. The maximum Gasteiger partial charge on any atom is 0.293 e. The van der Waals surface area contributed by atoms with E-state index in [0.29, 0.717) is 31.6 Å². The van der Waals surface area contributed by atoms with Crippen molar-refractivity contribution in [1.82, 2.24) is 5.32 Å². The van der Waals surface area contributed by atoms with Crippen LogP contribution in [-0.2, 0) is 4.79 Å². The summed E-state index contributed by atoms with van der Waals surface area (Å²) in [5.74, 6) is -0.511. The SMILES string of the molecule is CC(C)NC(=O)c1ccc(N2CCC(C(=O)Nc3ccccc3)CC2)c([N+](=O)[O-])c1. The van der Waals surface area contributed by atoms with Crippen LogP contribution in [0.15, 0.2) is 48.5 Å². The fraction of sp³-hybridized carbons (Fsp3) is 0.364. The lowest BCUT2D eigenvalue weighted by atomic mass is 9.95. The number of benzene rings is 2. The average molecular weight is 410 g/mol. The van der Waals surface area contributed by atoms with Gasteiger partial charge in [-0.25, -0.2) is 0 Å². The molecule has 2 aromatic rings. The molecule has 0 aliphatic carbocycles. The maximum atomic E-state index is 12.5. The first-order valence-corrected chi connectivity index (χ1v) is 10.1. The minimum atomic E-state index is -0.463. The third-order valence-electron chi connectivity index (χ3n) is 5.10. The van der Waals surface area contributed by atoms with Gasteiger partial charge in [-0.15, -0.1) is 0 Å². The lowest BCUT2D eigenvalue weighted by Crippen LogP contribution is -2.38. The molecule has 30 heavy (non-hydrogen) atoms. The summed E-state index contributed by atoms with van der Waals surface area (Å²) < 4.78 is 0. The highest BCUT2D eigenvalue weighted by atomic mass is 16.6. The largest absolute Gasteiger partial charge is 0.366 e. The highest BCUT2D eigenvalue weighted by Crippen LogP contribution is 2.32. The van der Waals surface area contributed by atoms with E-state index in [-0.39, 0.29) is 35.0 Å². The van der Waals surface area contributed by atoms with E-state index in [1.54, 1.807) is 12.1 Å². The molecule has 0 aromatic heterocycles. The third kappa shape index (κ3) is 5.14. The first-order chi connectivity index (χ1) is 14.3. The number of nitro groups is 1. The molecule has 0 saturated carbocycles. The van der Waals surface area contributed by atoms with Gasteiger partial charge in [0.1, 0.15) is 5.69 Å². The van der Waals surface area contributed by atoms with Gasteiger partial charge in [0.15, 0.2) is 0 Å². The van der Waals surface area contributed by atoms with Crippen LogP contribution in [0.4, 0.5) is 17.1 Å². The van der Waals surface area contributed by atoms with Crippen LogP contribution < -0.4 is 15.5 Å². The number of para-hydroxylation sites is 1. The van der Waals surface area contributed by atoms with Gasteiger partial charge < -0.3 is 15.5 Å². The van der Waals surface area contributed by atoms with E-state index in [2.05, 4.69) is 10.6 Å². The zero-order valence-electron chi connectivity index (χ0n) is 17.1. The number of nitrogens with one attached hydrogen (secondary N) is 2. The van der Waals surface area contributed by atoms with Crippen molar-refractivity contribution in [2.24, 2.45) is 5.92 Å². The zero-order valence-corrected chi connectivity index (χ0v) is 17.1. The van der Waals surface area contributed by atoms with Crippen LogP contribution >= 0.6 is 0 Å². The fourth-order valence-corrected chi connectivity index (χ4v) is 3.57. The quantitative estimate of drug-likeness (QED) is 0.559. The van der Waals surface area contributed by atoms with Crippen molar-refractivity contribution in [2.75, 3.05) is 23.3 Å². The summed E-state index contributed by atoms with van der Waals surface area (Å²) in [4.78, 5) is 37.8. The van der Waals surface area contributed by atoms with Crippen molar-refractivity contribution in [1.29, 1.82) is 0 Å². The number of nitro benzene ring substituents is 1. The second-order valence-corrected chi connectivity index (χ2v) is 7.71. The average Bonchev–Trinajstić information content (AvgIpc) is 2.73. The summed E-state index contributed by atoms with van der Waals surface area (Å²) in [6, 6.07) is 13.8. The minimum absolute atomic E-state index is 0.0314. The van der Waals surface area contributed by atoms with Gasteiger partial charge in [0.05, 0.1) is 4.92 Å². The van der Waals surface area contributed by atoms with Crippen LogP contribution in [0.1, 0.15) is 37.0 Å². The number of amides is 2. The van der Waals surface area contributed by atoms with Gasteiger partial charge in [-0.2, -0.15) is 0 Å². The minimum Gasteiger partial charge on any atom is -0.366 e. The summed E-state index contributed by atoms with van der Waals surface area (Å²) in [5, 5.41) is 17.3. The van der Waals surface area contributed by atoms with Crippen molar-refractivity contribution in [2.45, 2.75) is 32.7 Å². The highest BCUT2D eigenvalue weighted by molar-refractivity contribution is 5.96. The molecule has 0 bridgehead atoms. The van der Waals surface area contributed by atoms with Gasteiger partial charge in [0.25, 0.3) is 11.6 Å². The summed E-state index contributed by atoms with van der Waals surface area (Å²) in [6.07, 6.45) is 1.21. The lowest BCUT2D eigenvalue weighted by Gasteiger charge is -2.32. The Kier molecular flexibility index (Phi) is 6.66. The zero-order chi connectivity index (χ0) is 21.7. The van der Waals surface area contributed by atoms with Gasteiger partial charge in [-0.3, -0.25) is 19.7 Å². The molecule has 0 unspecified atom stereocenters. The molecule has 1 aliphatic rings. The second kappa shape index (κ2) is 9.39. The van der Waals surface area contributed by atoms with Crippen LogP contribution in [0.2, 0.25) is 0 Å². The molecule has 0 radical (unpaired) electrons. The molecular weight excluding hydrogens is 384 g/mol. The summed E-state index contributed by atoms with van der Waals surface area (Å²) >= 11 is 0. The highest BCUT2D eigenvalue weighted by Gasteiger charge is 2.29. The van der Waals surface area contributed by atoms with E-state index in [1.807, 2.05) is 49.1 Å². The van der Waals surface area contributed by atoms with Crippen molar-refractivity contribution < 1.29 is 14.5 Å². The summed E-state index contributed by atoms with van der Waals surface area (Å²) in [5.41, 5.74) is 1.40. The lowest BCUT2D eigenvalue weighted by molar-refractivity contribution is -0.384. The Morgan fingerprint density at radius 1 is 1.10 bits per heavy atom. The molecule has 0 atom stereocenters. The Morgan fingerprint density at radius 2 is 1.77 bits per heavy atom. The van der Waals surface area contributed by atoms with Crippen LogP contribution in [0.25, 0.3) is 0 Å². The molecule has 8 nitrogen and oxygen atoms in total.